The Bertz CT molecular complexity index is 539. The number of para-hydroxylation sites is 1. The zero-order valence-corrected chi connectivity index (χ0v) is 9.77. The molecule has 0 saturated heterocycles. The molecule has 0 spiro atoms. The Morgan fingerprint density at radius 1 is 1.38 bits per heavy atom. The molecule has 2 nitrogen and oxygen atoms in total. The molecule has 1 unspecified atom stereocenters. The van der Waals surface area contributed by atoms with E-state index < -0.39 is 0 Å². The molecule has 0 fully saturated rings. The maximum atomic E-state index is 9.45. The maximum Gasteiger partial charge on any atom is 0.0485 e. The molecule has 2 heterocycles. The number of rotatable bonds is 1. The first-order chi connectivity index (χ1) is 7.64. The fraction of sp³-hybridized carbons (Fsp3) is 0.429. The molecule has 1 N–H and O–H groups in total. The minimum absolute atomic E-state index is 0.0772. The number of hydrogen-bond acceptors (Lipinski definition) is 1. The molecule has 2 aromatic rings. The Hall–Kier alpha value is -1.28. The Kier molecular flexibility index (Phi) is 1.93. The number of aliphatic hydroxyl groups is 1. The topological polar surface area (TPSA) is 25.2 Å². The average Bonchev–Trinajstić information content (AvgIpc) is 2.75. The van der Waals surface area contributed by atoms with E-state index >= 15 is 0 Å². The van der Waals surface area contributed by atoms with Crippen molar-refractivity contribution in [2.75, 3.05) is 6.61 Å². The van der Waals surface area contributed by atoms with Gasteiger partial charge < -0.3 is 9.67 Å². The highest BCUT2D eigenvalue weighted by Crippen LogP contribution is 2.42. The van der Waals surface area contributed by atoms with Crippen LogP contribution in [0.3, 0.4) is 0 Å². The minimum atomic E-state index is 0.0772. The fourth-order valence-corrected chi connectivity index (χ4v) is 2.88. The van der Waals surface area contributed by atoms with Gasteiger partial charge in [-0.1, -0.05) is 32.0 Å². The van der Waals surface area contributed by atoms with Crippen LogP contribution in [-0.4, -0.2) is 16.3 Å². The molecule has 1 aliphatic heterocycles. The van der Waals surface area contributed by atoms with Gasteiger partial charge in [0.25, 0.3) is 0 Å². The van der Waals surface area contributed by atoms with E-state index in [1.807, 2.05) is 0 Å². The van der Waals surface area contributed by atoms with E-state index in [2.05, 4.69) is 48.7 Å². The number of nitrogens with zero attached hydrogens (tertiary/aromatic N) is 1. The van der Waals surface area contributed by atoms with Crippen molar-refractivity contribution in [3.63, 3.8) is 0 Å². The van der Waals surface area contributed by atoms with Crippen LogP contribution in [0.2, 0.25) is 0 Å². The maximum absolute atomic E-state index is 9.45. The summed E-state index contributed by atoms with van der Waals surface area (Å²) in [6.07, 6.45) is 0. The third-order valence-corrected chi connectivity index (χ3v) is 4.11. The van der Waals surface area contributed by atoms with Gasteiger partial charge in [0.1, 0.15) is 0 Å². The van der Waals surface area contributed by atoms with E-state index in [1.54, 1.807) is 0 Å². The monoisotopic (exact) mass is 215 g/mol. The van der Waals surface area contributed by atoms with Gasteiger partial charge in [-0.3, -0.25) is 0 Å². The average molecular weight is 215 g/mol. The molecule has 1 aliphatic rings. The van der Waals surface area contributed by atoms with Crippen LogP contribution in [0, 0.1) is 5.92 Å². The van der Waals surface area contributed by atoms with E-state index in [0.717, 1.165) is 6.54 Å². The van der Waals surface area contributed by atoms with Crippen LogP contribution < -0.4 is 0 Å². The molecular weight excluding hydrogens is 198 g/mol. The Morgan fingerprint density at radius 2 is 2.12 bits per heavy atom. The van der Waals surface area contributed by atoms with Gasteiger partial charge in [-0.15, -0.1) is 0 Å². The van der Waals surface area contributed by atoms with E-state index in [9.17, 15) is 5.11 Å². The Morgan fingerprint density at radius 3 is 2.88 bits per heavy atom. The van der Waals surface area contributed by atoms with Crippen LogP contribution in [0.25, 0.3) is 10.9 Å². The summed E-state index contributed by atoms with van der Waals surface area (Å²) in [5, 5.41) is 10.8. The quantitative estimate of drug-likeness (QED) is 0.777. The molecule has 84 valence electrons. The lowest BCUT2D eigenvalue weighted by atomic mass is 9.79. The molecule has 3 rings (SSSR count). The van der Waals surface area contributed by atoms with Crippen molar-refractivity contribution in [1.29, 1.82) is 0 Å². The second kappa shape index (κ2) is 3.11. The lowest BCUT2D eigenvalue weighted by Crippen LogP contribution is -2.26. The summed E-state index contributed by atoms with van der Waals surface area (Å²) >= 11 is 0. The lowest BCUT2D eigenvalue weighted by Gasteiger charge is -2.24. The summed E-state index contributed by atoms with van der Waals surface area (Å²) in [5.74, 6) is 0.340. The first-order valence-electron chi connectivity index (χ1n) is 5.84. The van der Waals surface area contributed by atoms with Crippen molar-refractivity contribution in [2.45, 2.75) is 25.8 Å². The molecule has 16 heavy (non-hydrogen) atoms. The van der Waals surface area contributed by atoms with Gasteiger partial charge in [0, 0.05) is 35.7 Å². The van der Waals surface area contributed by atoms with Gasteiger partial charge in [0.15, 0.2) is 0 Å². The van der Waals surface area contributed by atoms with E-state index in [-0.39, 0.29) is 12.0 Å². The highest BCUT2D eigenvalue weighted by Gasteiger charge is 2.40. The van der Waals surface area contributed by atoms with Crippen LogP contribution in [0.15, 0.2) is 30.3 Å². The summed E-state index contributed by atoms with van der Waals surface area (Å²) in [6.45, 7) is 5.66. The first kappa shape index (κ1) is 9.91. The predicted octanol–water partition coefficient (Wildman–Crippen LogP) is 2.54. The van der Waals surface area contributed by atoms with Gasteiger partial charge in [-0.25, -0.2) is 0 Å². The van der Waals surface area contributed by atoms with Crippen molar-refractivity contribution in [2.24, 2.45) is 5.92 Å². The van der Waals surface area contributed by atoms with Crippen molar-refractivity contribution in [3.8, 4) is 0 Å². The van der Waals surface area contributed by atoms with Crippen molar-refractivity contribution in [1.82, 2.24) is 4.57 Å². The minimum Gasteiger partial charge on any atom is -0.396 e. The molecule has 0 bridgehead atoms. The zero-order chi connectivity index (χ0) is 11.3. The number of aliphatic hydroxyl groups excluding tert-OH is 1. The molecule has 0 saturated carbocycles. The van der Waals surface area contributed by atoms with Crippen LogP contribution in [0.4, 0.5) is 0 Å². The second-order valence-electron chi connectivity index (χ2n) is 5.30. The molecule has 1 aromatic heterocycles. The first-order valence-corrected chi connectivity index (χ1v) is 5.84. The standard InChI is InChI=1S/C14H17NO/c1-14(2)11(9-16)8-15-12-6-4-3-5-10(12)7-13(14)15/h3-7,11,16H,8-9H2,1-2H3. The van der Waals surface area contributed by atoms with Crippen molar-refractivity contribution >= 4 is 10.9 Å². The molecule has 0 radical (unpaired) electrons. The van der Waals surface area contributed by atoms with E-state index in [0.29, 0.717) is 5.92 Å². The normalized spacial score (nSPS) is 22.6. The molecule has 1 aromatic carbocycles. The zero-order valence-electron chi connectivity index (χ0n) is 9.77. The molecule has 1 atom stereocenters. The number of fused-ring (bicyclic) bond motifs is 3. The lowest BCUT2D eigenvalue weighted by molar-refractivity contribution is 0.176. The van der Waals surface area contributed by atoms with Crippen molar-refractivity contribution < 1.29 is 5.11 Å². The number of hydrogen-bond donors (Lipinski definition) is 1. The van der Waals surface area contributed by atoms with E-state index in [4.69, 9.17) is 0 Å². The van der Waals surface area contributed by atoms with Gasteiger partial charge in [0.2, 0.25) is 0 Å². The van der Waals surface area contributed by atoms with Gasteiger partial charge >= 0.3 is 0 Å². The largest absolute Gasteiger partial charge is 0.396 e. The fourth-order valence-electron chi connectivity index (χ4n) is 2.88. The summed E-state index contributed by atoms with van der Waals surface area (Å²) in [7, 11) is 0. The predicted molar refractivity (Wildman–Crippen MR) is 65.5 cm³/mol. The third kappa shape index (κ3) is 1.11. The smallest absolute Gasteiger partial charge is 0.0485 e. The molecule has 0 amide bonds. The summed E-state index contributed by atoms with van der Waals surface area (Å²) < 4.78 is 2.36. The Balaban J connectivity index is 2.25. The van der Waals surface area contributed by atoms with E-state index in [1.165, 1.54) is 16.6 Å². The molecule has 0 aliphatic carbocycles. The number of benzene rings is 1. The highest BCUT2D eigenvalue weighted by molar-refractivity contribution is 5.82. The highest BCUT2D eigenvalue weighted by atomic mass is 16.3. The molecule has 2 heteroatoms. The van der Waals surface area contributed by atoms with Gasteiger partial charge in [-0.2, -0.15) is 0 Å². The molecular formula is C14H17NO. The van der Waals surface area contributed by atoms with Crippen LogP contribution >= 0.6 is 0 Å². The second-order valence-corrected chi connectivity index (χ2v) is 5.30. The summed E-state index contributed by atoms with van der Waals surface area (Å²) in [5.41, 5.74) is 2.72. The number of aromatic nitrogens is 1. The summed E-state index contributed by atoms with van der Waals surface area (Å²) in [4.78, 5) is 0. The van der Waals surface area contributed by atoms with Gasteiger partial charge in [0.05, 0.1) is 0 Å². The van der Waals surface area contributed by atoms with Crippen LogP contribution in [0.5, 0.6) is 0 Å². The van der Waals surface area contributed by atoms with Crippen LogP contribution in [0.1, 0.15) is 19.5 Å². The van der Waals surface area contributed by atoms with Crippen molar-refractivity contribution in [3.05, 3.63) is 36.0 Å². The SMILES string of the molecule is CC1(C)c2cc3ccccc3n2CC1CO. The van der Waals surface area contributed by atoms with Crippen LogP contribution in [-0.2, 0) is 12.0 Å². The third-order valence-electron chi connectivity index (χ3n) is 4.11. The van der Waals surface area contributed by atoms with Gasteiger partial charge in [-0.05, 0) is 17.5 Å². The summed E-state index contributed by atoms with van der Waals surface area (Å²) in [6, 6.07) is 10.7. The Labute approximate surface area is 95.5 Å².